The summed E-state index contributed by atoms with van der Waals surface area (Å²) in [7, 11) is 0. The van der Waals surface area contributed by atoms with Crippen molar-refractivity contribution in [3.63, 3.8) is 0 Å². The van der Waals surface area contributed by atoms with Crippen LogP contribution in [-0.4, -0.2) is 11.8 Å². The number of benzene rings is 2. The van der Waals surface area contributed by atoms with Gasteiger partial charge in [-0.05, 0) is 35.7 Å². The van der Waals surface area contributed by atoms with Gasteiger partial charge in [0.05, 0.1) is 16.2 Å². The van der Waals surface area contributed by atoms with Gasteiger partial charge >= 0.3 is 0 Å². The monoisotopic (exact) mass is 399 g/mol. The minimum atomic E-state index is -1.12. The highest BCUT2D eigenvalue weighted by atomic mass is 32.2. The van der Waals surface area contributed by atoms with Gasteiger partial charge in [-0.25, -0.2) is 13.7 Å². The Hall–Kier alpha value is -2.77. The second-order valence-corrected chi connectivity index (χ2v) is 7.67. The average Bonchev–Trinajstić information content (AvgIpc) is 3.26. The van der Waals surface area contributed by atoms with E-state index in [1.165, 1.54) is 29.2 Å². The van der Waals surface area contributed by atoms with Crippen LogP contribution < -0.4 is 4.90 Å². The molecule has 0 N–H and O–H groups in total. The fraction of sp³-hybridized carbons (Fsp3) is 0. The summed E-state index contributed by atoms with van der Waals surface area (Å²) in [5.74, 6) is -3.26. The zero-order valence-electron chi connectivity index (χ0n) is 13.7. The fourth-order valence-electron chi connectivity index (χ4n) is 2.71. The zero-order valence-corrected chi connectivity index (χ0v) is 15.3. The molecule has 0 fully saturated rings. The average molecular weight is 399 g/mol. The molecule has 3 aromatic rings. The summed E-state index contributed by atoms with van der Waals surface area (Å²) >= 11 is 2.52. The topological polar surface area (TPSA) is 37.4 Å². The van der Waals surface area contributed by atoms with Crippen LogP contribution in [-0.2, 0) is 9.59 Å². The first-order valence-electron chi connectivity index (χ1n) is 7.91. The van der Waals surface area contributed by atoms with Gasteiger partial charge in [0.25, 0.3) is 11.8 Å². The SMILES string of the molecule is O=C1C(Sc2ccccc2)=C(c2cccs2)C(=O)N1c1ccc(F)c(F)c1. The molecule has 0 saturated heterocycles. The van der Waals surface area contributed by atoms with Crippen LogP contribution in [0.15, 0.2) is 75.8 Å². The van der Waals surface area contributed by atoms with Crippen molar-refractivity contribution in [3.8, 4) is 0 Å². The molecule has 0 atom stereocenters. The van der Waals surface area contributed by atoms with E-state index in [0.29, 0.717) is 4.88 Å². The highest BCUT2D eigenvalue weighted by Crippen LogP contribution is 2.42. The van der Waals surface area contributed by atoms with E-state index in [4.69, 9.17) is 0 Å². The lowest BCUT2D eigenvalue weighted by Gasteiger charge is -2.15. The van der Waals surface area contributed by atoms with Gasteiger partial charge in [-0.3, -0.25) is 9.59 Å². The van der Waals surface area contributed by atoms with Crippen LogP contribution in [0, 0.1) is 11.6 Å². The molecule has 2 amide bonds. The van der Waals surface area contributed by atoms with E-state index in [-0.39, 0.29) is 16.2 Å². The van der Waals surface area contributed by atoms with E-state index in [1.807, 2.05) is 35.7 Å². The van der Waals surface area contributed by atoms with Gasteiger partial charge in [-0.1, -0.05) is 36.0 Å². The molecule has 3 nitrogen and oxygen atoms in total. The number of thiophene rings is 1. The van der Waals surface area contributed by atoms with Gasteiger partial charge in [-0.15, -0.1) is 11.3 Å². The molecule has 1 aliphatic heterocycles. The van der Waals surface area contributed by atoms with Gasteiger partial charge in [0.2, 0.25) is 0 Å². The van der Waals surface area contributed by atoms with Crippen molar-refractivity contribution in [3.05, 3.63) is 87.5 Å². The standard InChI is InChI=1S/C20H11F2NO2S2/c21-14-9-8-12(11-15(14)22)23-19(24)17(16-7-4-10-26-16)18(20(23)25)27-13-5-2-1-3-6-13/h1-11H. The van der Waals surface area contributed by atoms with E-state index in [2.05, 4.69) is 0 Å². The first kappa shape index (κ1) is 17.6. The van der Waals surface area contributed by atoms with Crippen LogP contribution in [0.1, 0.15) is 4.88 Å². The number of imide groups is 1. The van der Waals surface area contributed by atoms with E-state index >= 15 is 0 Å². The van der Waals surface area contributed by atoms with E-state index < -0.39 is 23.4 Å². The summed E-state index contributed by atoms with van der Waals surface area (Å²) in [6, 6.07) is 15.7. The number of carbonyl (C=O) groups is 2. The Morgan fingerprint density at radius 1 is 0.852 bits per heavy atom. The van der Waals surface area contributed by atoms with Crippen LogP contribution in [0.2, 0.25) is 0 Å². The Morgan fingerprint density at radius 2 is 1.63 bits per heavy atom. The first-order chi connectivity index (χ1) is 13.1. The lowest BCUT2D eigenvalue weighted by molar-refractivity contribution is -0.119. The molecule has 134 valence electrons. The number of amides is 2. The molecule has 0 radical (unpaired) electrons. The lowest BCUT2D eigenvalue weighted by atomic mass is 10.2. The van der Waals surface area contributed by atoms with Crippen molar-refractivity contribution in [1.29, 1.82) is 0 Å². The second-order valence-electron chi connectivity index (χ2n) is 5.64. The Morgan fingerprint density at radius 3 is 2.30 bits per heavy atom. The zero-order chi connectivity index (χ0) is 19.0. The third-order valence-corrected chi connectivity index (χ3v) is 5.91. The molecule has 27 heavy (non-hydrogen) atoms. The van der Waals surface area contributed by atoms with E-state index in [9.17, 15) is 18.4 Å². The van der Waals surface area contributed by atoms with Crippen molar-refractivity contribution in [2.45, 2.75) is 4.90 Å². The van der Waals surface area contributed by atoms with Crippen molar-refractivity contribution in [2.75, 3.05) is 4.90 Å². The summed E-state index contributed by atoms with van der Waals surface area (Å²) in [4.78, 5) is 28.7. The Bertz CT molecular complexity index is 1060. The maximum absolute atomic E-state index is 13.7. The number of nitrogens with zero attached hydrogens (tertiary/aromatic N) is 1. The maximum atomic E-state index is 13.7. The molecule has 4 rings (SSSR count). The molecule has 0 unspecified atom stereocenters. The smallest absolute Gasteiger partial charge is 0.268 e. The summed E-state index contributed by atoms with van der Waals surface area (Å²) in [5, 5.41) is 1.81. The normalized spacial score (nSPS) is 14.4. The van der Waals surface area contributed by atoms with Crippen LogP contribution in [0.5, 0.6) is 0 Å². The summed E-state index contributed by atoms with van der Waals surface area (Å²) < 4.78 is 26.9. The molecule has 0 bridgehead atoms. The molecule has 2 heterocycles. The van der Waals surface area contributed by atoms with Gasteiger partial charge in [-0.2, -0.15) is 0 Å². The Kier molecular flexibility index (Phi) is 4.63. The third-order valence-electron chi connectivity index (χ3n) is 3.93. The number of hydrogen-bond acceptors (Lipinski definition) is 4. The highest BCUT2D eigenvalue weighted by molar-refractivity contribution is 8.04. The van der Waals surface area contributed by atoms with Crippen LogP contribution >= 0.6 is 23.1 Å². The van der Waals surface area contributed by atoms with Crippen molar-refractivity contribution in [1.82, 2.24) is 0 Å². The van der Waals surface area contributed by atoms with Crippen molar-refractivity contribution in [2.24, 2.45) is 0 Å². The number of anilines is 1. The number of rotatable bonds is 4. The van der Waals surface area contributed by atoms with Gasteiger partial charge in [0, 0.05) is 15.8 Å². The van der Waals surface area contributed by atoms with Gasteiger partial charge < -0.3 is 0 Å². The third kappa shape index (κ3) is 3.20. The Labute approximate surface area is 161 Å². The van der Waals surface area contributed by atoms with Crippen LogP contribution in [0.25, 0.3) is 5.57 Å². The molecular formula is C20H11F2NO2S2. The highest BCUT2D eigenvalue weighted by Gasteiger charge is 2.41. The van der Waals surface area contributed by atoms with Crippen LogP contribution in [0.3, 0.4) is 0 Å². The first-order valence-corrected chi connectivity index (χ1v) is 9.61. The molecular weight excluding hydrogens is 388 g/mol. The minimum Gasteiger partial charge on any atom is -0.268 e. The maximum Gasteiger partial charge on any atom is 0.272 e. The fourth-order valence-corrected chi connectivity index (χ4v) is 4.55. The van der Waals surface area contributed by atoms with Crippen molar-refractivity contribution < 1.29 is 18.4 Å². The summed E-state index contributed by atoms with van der Waals surface area (Å²) in [6.45, 7) is 0. The van der Waals surface area contributed by atoms with E-state index in [1.54, 1.807) is 12.1 Å². The molecule has 0 spiro atoms. The van der Waals surface area contributed by atoms with Crippen molar-refractivity contribution >= 4 is 46.2 Å². The van der Waals surface area contributed by atoms with Gasteiger partial charge in [0.15, 0.2) is 11.6 Å². The van der Waals surface area contributed by atoms with Gasteiger partial charge in [0.1, 0.15) is 0 Å². The molecule has 1 aliphatic rings. The summed E-state index contributed by atoms with van der Waals surface area (Å²) in [6.07, 6.45) is 0. The number of carbonyl (C=O) groups excluding carboxylic acids is 2. The lowest BCUT2D eigenvalue weighted by Crippen LogP contribution is -2.31. The molecule has 1 aromatic heterocycles. The number of halogens is 2. The quantitative estimate of drug-likeness (QED) is 0.573. The predicted molar refractivity (Wildman–Crippen MR) is 102 cm³/mol. The van der Waals surface area contributed by atoms with Crippen LogP contribution in [0.4, 0.5) is 14.5 Å². The largest absolute Gasteiger partial charge is 0.272 e. The number of thioether (sulfide) groups is 1. The second kappa shape index (κ2) is 7.09. The molecule has 7 heteroatoms. The predicted octanol–water partition coefficient (Wildman–Crippen LogP) is 5.10. The summed E-state index contributed by atoms with van der Waals surface area (Å²) in [5.41, 5.74) is 0.273. The number of hydrogen-bond donors (Lipinski definition) is 0. The molecule has 0 saturated carbocycles. The minimum absolute atomic E-state index is 0.00150. The Balaban J connectivity index is 1.80. The molecule has 0 aliphatic carbocycles. The van der Waals surface area contributed by atoms with E-state index in [0.717, 1.165) is 21.9 Å². The molecule has 2 aromatic carbocycles.